The van der Waals surface area contributed by atoms with Crippen LogP contribution in [0.2, 0.25) is 0 Å². The van der Waals surface area contributed by atoms with Crippen LogP contribution in [0.5, 0.6) is 5.75 Å². The van der Waals surface area contributed by atoms with Crippen molar-refractivity contribution in [3.8, 4) is 5.75 Å². The lowest BCUT2D eigenvalue weighted by molar-refractivity contribution is -0.0358. The van der Waals surface area contributed by atoms with Crippen LogP contribution >= 0.6 is 0 Å². The third-order valence-electron chi connectivity index (χ3n) is 4.90. The Balaban J connectivity index is 1.60. The number of halogens is 1. The van der Waals surface area contributed by atoms with Gasteiger partial charge in [-0.2, -0.15) is 0 Å². The quantitative estimate of drug-likeness (QED) is 0.822. The Morgan fingerprint density at radius 3 is 2.50 bits per heavy atom. The molecule has 0 unspecified atom stereocenters. The second kappa shape index (κ2) is 7.97. The Bertz CT molecular complexity index is 564. The van der Waals surface area contributed by atoms with Crippen molar-refractivity contribution in [3.05, 3.63) is 29.6 Å². The summed E-state index contributed by atoms with van der Waals surface area (Å²) in [5.74, 6) is -0.575. The summed E-state index contributed by atoms with van der Waals surface area (Å²) >= 11 is 0. The van der Waals surface area contributed by atoms with Crippen molar-refractivity contribution in [1.29, 1.82) is 0 Å². The van der Waals surface area contributed by atoms with E-state index in [2.05, 4.69) is 0 Å². The summed E-state index contributed by atoms with van der Waals surface area (Å²) in [7, 11) is 0. The first kappa shape index (κ1) is 17.2. The van der Waals surface area contributed by atoms with E-state index in [0.29, 0.717) is 31.4 Å². The van der Waals surface area contributed by atoms with Gasteiger partial charge in [0, 0.05) is 13.1 Å². The summed E-state index contributed by atoms with van der Waals surface area (Å²) in [6, 6.07) is 4.52. The zero-order valence-corrected chi connectivity index (χ0v) is 14.3. The number of benzene rings is 1. The van der Waals surface area contributed by atoms with Crippen molar-refractivity contribution in [2.75, 3.05) is 19.7 Å². The molecule has 3 rings (SSSR count). The van der Waals surface area contributed by atoms with E-state index in [1.54, 1.807) is 24.0 Å². The smallest absolute Gasteiger partial charge is 0.257 e. The molecule has 1 aromatic carbocycles. The average Bonchev–Trinajstić information content (AvgIpc) is 3.10. The van der Waals surface area contributed by atoms with Gasteiger partial charge in [0.15, 0.2) is 11.6 Å². The standard InChI is InChI=1S/C19H26FNO3/c1-2-23-18-16(8-5-9-17(18)20)19(22)21-12-10-15(11-13-21)24-14-6-3-4-7-14/h5,8-9,14-15H,2-4,6-7,10-13H2,1H3. The Morgan fingerprint density at radius 2 is 1.83 bits per heavy atom. The third kappa shape index (κ3) is 3.89. The summed E-state index contributed by atoms with van der Waals surface area (Å²) in [4.78, 5) is 14.5. The fraction of sp³-hybridized carbons (Fsp3) is 0.632. The molecule has 1 aromatic rings. The number of carbonyl (C=O) groups excluding carboxylic acids is 1. The number of hydrogen-bond donors (Lipinski definition) is 0. The van der Waals surface area contributed by atoms with Crippen LogP contribution in [0.25, 0.3) is 0 Å². The summed E-state index contributed by atoms with van der Waals surface area (Å²) in [6.07, 6.45) is 7.22. The van der Waals surface area contributed by atoms with Crippen LogP contribution < -0.4 is 4.74 Å². The van der Waals surface area contributed by atoms with Gasteiger partial charge in [0.2, 0.25) is 0 Å². The lowest BCUT2D eigenvalue weighted by Gasteiger charge is -2.33. The van der Waals surface area contributed by atoms with Gasteiger partial charge in [-0.05, 0) is 44.7 Å². The summed E-state index contributed by atoms with van der Waals surface area (Å²) < 4.78 is 25.4. The Hall–Kier alpha value is -1.62. The maximum Gasteiger partial charge on any atom is 0.257 e. The highest BCUT2D eigenvalue weighted by Gasteiger charge is 2.28. The molecule has 2 aliphatic rings. The summed E-state index contributed by atoms with van der Waals surface area (Å²) in [5, 5.41) is 0. The Kier molecular flexibility index (Phi) is 5.72. The zero-order valence-electron chi connectivity index (χ0n) is 14.3. The van der Waals surface area contributed by atoms with E-state index < -0.39 is 5.82 Å². The van der Waals surface area contributed by atoms with E-state index in [1.807, 2.05) is 0 Å². The normalized spacial score (nSPS) is 19.7. The summed E-state index contributed by atoms with van der Waals surface area (Å²) in [6.45, 7) is 3.42. The predicted molar refractivity (Wildman–Crippen MR) is 89.8 cm³/mol. The topological polar surface area (TPSA) is 38.8 Å². The van der Waals surface area contributed by atoms with Gasteiger partial charge < -0.3 is 14.4 Å². The molecule has 1 heterocycles. The minimum absolute atomic E-state index is 0.0642. The number of hydrogen-bond acceptors (Lipinski definition) is 3. The van der Waals surface area contributed by atoms with Crippen molar-refractivity contribution < 1.29 is 18.7 Å². The molecule has 5 heteroatoms. The third-order valence-corrected chi connectivity index (χ3v) is 4.90. The fourth-order valence-electron chi connectivity index (χ4n) is 3.63. The van der Waals surface area contributed by atoms with Crippen molar-refractivity contribution in [2.45, 2.75) is 57.7 Å². The average molecular weight is 335 g/mol. The first-order valence-corrected chi connectivity index (χ1v) is 9.05. The number of ether oxygens (including phenoxy) is 2. The van der Waals surface area contributed by atoms with Gasteiger partial charge in [0.25, 0.3) is 5.91 Å². The van der Waals surface area contributed by atoms with Gasteiger partial charge in [-0.15, -0.1) is 0 Å². The number of nitrogens with zero attached hydrogens (tertiary/aromatic N) is 1. The van der Waals surface area contributed by atoms with Gasteiger partial charge in [-0.3, -0.25) is 4.79 Å². The molecule has 0 N–H and O–H groups in total. The van der Waals surface area contributed by atoms with Crippen LogP contribution in [0.3, 0.4) is 0 Å². The minimum atomic E-state index is -0.484. The zero-order chi connectivity index (χ0) is 16.9. The van der Waals surface area contributed by atoms with Crippen LogP contribution in [0, 0.1) is 5.82 Å². The number of para-hydroxylation sites is 1. The number of carbonyl (C=O) groups is 1. The molecule has 0 radical (unpaired) electrons. The van der Waals surface area contributed by atoms with Crippen molar-refractivity contribution in [1.82, 2.24) is 4.90 Å². The second-order valence-corrected chi connectivity index (χ2v) is 6.58. The van der Waals surface area contributed by atoms with Crippen molar-refractivity contribution in [2.24, 2.45) is 0 Å². The molecule has 1 saturated carbocycles. The molecule has 4 nitrogen and oxygen atoms in total. The molecule has 132 valence electrons. The monoisotopic (exact) mass is 335 g/mol. The van der Waals surface area contributed by atoms with Crippen LogP contribution in [-0.4, -0.2) is 42.7 Å². The van der Waals surface area contributed by atoms with E-state index in [0.717, 1.165) is 12.8 Å². The molecule has 2 fully saturated rings. The largest absolute Gasteiger partial charge is 0.490 e. The van der Waals surface area contributed by atoms with E-state index in [4.69, 9.17) is 9.47 Å². The molecule has 0 bridgehead atoms. The first-order valence-electron chi connectivity index (χ1n) is 9.05. The van der Waals surface area contributed by atoms with Gasteiger partial charge in [0.05, 0.1) is 24.4 Å². The van der Waals surface area contributed by atoms with E-state index in [-0.39, 0.29) is 17.8 Å². The molecular formula is C19H26FNO3. The number of rotatable bonds is 5. The lowest BCUT2D eigenvalue weighted by Crippen LogP contribution is -2.41. The number of likely N-dealkylation sites (tertiary alicyclic amines) is 1. The minimum Gasteiger partial charge on any atom is -0.490 e. The molecule has 1 aliphatic carbocycles. The maximum atomic E-state index is 13.9. The molecule has 0 aromatic heterocycles. The van der Waals surface area contributed by atoms with Crippen LogP contribution in [0.4, 0.5) is 4.39 Å². The highest BCUT2D eigenvalue weighted by molar-refractivity contribution is 5.97. The lowest BCUT2D eigenvalue weighted by atomic mass is 10.1. The van der Waals surface area contributed by atoms with Crippen molar-refractivity contribution >= 4 is 5.91 Å². The van der Waals surface area contributed by atoms with E-state index in [1.165, 1.54) is 31.7 Å². The fourth-order valence-corrected chi connectivity index (χ4v) is 3.63. The van der Waals surface area contributed by atoms with Crippen LogP contribution in [0.1, 0.15) is 55.8 Å². The van der Waals surface area contributed by atoms with Gasteiger partial charge >= 0.3 is 0 Å². The molecule has 1 aliphatic heterocycles. The van der Waals surface area contributed by atoms with Crippen molar-refractivity contribution in [3.63, 3.8) is 0 Å². The predicted octanol–water partition coefficient (Wildman–Crippen LogP) is 3.79. The summed E-state index contributed by atoms with van der Waals surface area (Å²) in [5.41, 5.74) is 0.312. The van der Waals surface area contributed by atoms with Gasteiger partial charge in [0.1, 0.15) is 0 Å². The van der Waals surface area contributed by atoms with Crippen LogP contribution in [-0.2, 0) is 4.74 Å². The molecule has 1 amide bonds. The van der Waals surface area contributed by atoms with Gasteiger partial charge in [-0.1, -0.05) is 18.9 Å². The Labute approximate surface area is 142 Å². The van der Waals surface area contributed by atoms with Gasteiger partial charge in [-0.25, -0.2) is 4.39 Å². The first-order chi connectivity index (χ1) is 11.7. The second-order valence-electron chi connectivity index (χ2n) is 6.58. The SMILES string of the molecule is CCOc1c(F)cccc1C(=O)N1CCC(OC2CCCC2)CC1. The maximum absolute atomic E-state index is 13.9. The van der Waals surface area contributed by atoms with E-state index in [9.17, 15) is 9.18 Å². The molecule has 0 atom stereocenters. The molecule has 1 saturated heterocycles. The van der Waals surface area contributed by atoms with E-state index >= 15 is 0 Å². The highest BCUT2D eigenvalue weighted by atomic mass is 19.1. The molecule has 24 heavy (non-hydrogen) atoms. The molecule has 0 spiro atoms. The number of piperidine rings is 1. The number of amides is 1. The molecular weight excluding hydrogens is 309 g/mol. The van der Waals surface area contributed by atoms with Crippen LogP contribution in [0.15, 0.2) is 18.2 Å². The Morgan fingerprint density at radius 1 is 1.17 bits per heavy atom. The highest BCUT2D eigenvalue weighted by Crippen LogP contribution is 2.28.